The Kier molecular flexibility index (Phi) is 5.89. The zero-order valence-corrected chi connectivity index (χ0v) is 9.73. The van der Waals surface area contributed by atoms with Gasteiger partial charge in [0.25, 0.3) is 0 Å². The SMILES string of the molecule is C=Cc1ncc(Cl)c(C)c1C=C.CC. The highest BCUT2D eigenvalue weighted by atomic mass is 35.5. The van der Waals surface area contributed by atoms with Crippen LogP contribution in [-0.2, 0) is 0 Å². The van der Waals surface area contributed by atoms with Crippen molar-refractivity contribution in [1.82, 2.24) is 4.98 Å². The Morgan fingerprint density at radius 2 is 1.86 bits per heavy atom. The minimum atomic E-state index is 0.663. The van der Waals surface area contributed by atoms with Gasteiger partial charge in [-0.15, -0.1) is 0 Å². The zero-order valence-electron chi connectivity index (χ0n) is 8.97. The zero-order chi connectivity index (χ0) is 11.1. The Bertz CT molecular complexity index is 329. The first-order valence-corrected chi connectivity index (χ1v) is 4.98. The highest BCUT2D eigenvalue weighted by Gasteiger charge is 2.03. The summed E-state index contributed by atoms with van der Waals surface area (Å²) in [5.41, 5.74) is 2.78. The fourth-order valence-electron chi connectivity index (χ4n) is 1.03. The van der Waals surface area contributed by atoms with Crippen molar-refractivity contribution in [2.45, 2.75) is 20.8 Å². The van der Waals surface area contributed by atoms with Crippen LogP contribution in [0.2, 0.25) is 5.02 Å². The molecule has 0 bridgehead atoms. The van der Waals surface area contributed by atoms with Crippen molar-refractivity contribution in [2.24, 2.45) is 0 Å². The van der Waals surface area contributed by atoms with Crippen LogP contribution in [0.1, 0.15) is 30.7 Å². The van der Waals surface area contributed by atoms with E-state index in [9.17, 15) is 0 Å². The number of halogens is 1. The predicted molar refractivity (Wildman–Crippen MR) is 65.5 cm³/mol. The van der Waals surface area contributed by atoms with Gasteiger partial charge in [0, 0.05) is 11.8 Å². The van der Waals surface area contributed by atoms with E-state index in [0.29, 0.717) is 5.02 Å². The van der Waals surface area contributed by atoms with Crippen LogP contribution >= 0.6 is 11.6 Å². The van der Waals surface area contributed by atoms with Crippen molar-refractivity contribution >= 4 is 23.8 Å². The summed E-state index contributed by atoms with van der Waals surface area (Å²) in [4.78, 5) is 4.11. The van der Waals surface area contributed by atoms with Gasteiger partial charge in [-0.1, -0.05) is 44.7 Å². The van der Waals surface area contributed by atoms with Crippen molar-refractivity contribution in [1.29, 1.82) is 0 Å². The second kappa shape index (κ2) is 6.39. The van der Waals surface area contributed by atoms with Crippen LogP contribution in [0, 0.1) is 6.92 Å². The molecule has 1 nitrogen and oxygen atoms in total. The fourth-order valence-corrected chi connectivity index (χ4v) is 1.18. The van der Waals surface area contributed by atoms with Gasteiger partial charge in [0.1, 0.15) is 0 Å². The molecule has 1 rings (SSSR count). The van der Waals surface area contributed by atoms with E-state index in [4.69, 9.17) is 11.6 Å². The van der Waals surface area contributed by atoms with Crippen molar-refractivity contribution < 1.29 is 0 Å². The van der Waals surface area contributed by atoms with Crippen LogP contribution in [0.5, 0.6) is 0 Å². The van der Waals surface area contributed by atoms with Gasteiger partial charge in [-0.2, -0.15) is 0 Å². The summed E-state index contributed by atoms with van der Waals surface area (Å²) in [6.45, 7) is 13.3. The van der Waals surface area contributed by atoms with Crippen molar-refractivity contribution in [2.75, 3.05) is 0 Å². The first-order chi connectivity index (χ1) is 6.70. The number of aromatic nitrogens is 1. The lowest BCUT2D eigenvalue weighted by atomic mass is 10.1. The van der Waals surface area contributed by atoms with E-state index >= 15 is 0 Å². The molecule has 0 aliphatic carbocycles. The van der Waals surface area contributed by atoms with Crippen LogP contribution in [0.3, 0.4) is 0 Å². The highest BCUT2D eigenvalue weighted by Crippen LogP contribution is 2.21. The molecular formula is C12H16ClN. The minimum Gasteiger partial charge on any atom is -0.255 e. The van der Waals surface area contributed by atoms with E-state index in [0.717, 1.165) is 16.8 Å². The molecule has 1 heterocycles. The van der Waals surface area contributed by atoms with Crippen LogP contribution in [-0.4, -0.2) is 4.98 Å². The molecule has 14 heavy (non-hydrogen) atoms. The summed E-state index contributed by atoms with van der Waals surface area (Å²) >= 11 is 5.88. The minimum absolute atomic E-state index is 0.663. The maximum atomic E-state index is 5.88. The van der Waals surface area contributed by atoms with Crippen LogP contribution in [0.15, 0.2) is 19.4 Å². The molecule has 0 aromatic carbocycles. The molecule has 0 atom stereocenters. The number of hydrogen-bond acceptors (Lipinski definition) is 1. The van der Waals surface area contributed by atoms with E-state index in [1.165, 1.54) is 0 Å². The van der Waals surface area contributed by atoms with Gasteiger partial charge in [-0.25, -0.2) is 0 Å². The number of pyridine rings is 1. The Labute approximate surface area is 91.1 Å². The number of hydrogen-bond donors (Lipinski definition) is 0. The lowest BCUT2D eigenvalue weighted by Crippen LogP contribution is -1.90. The van der Waals surface area contributed by atoms with E-state index in [1.807, 2.05) is 20.8 Å². The second-order valence-electron chi connectivity index (χ2n) is 2.44. The van der Waals surface area contributed by atoms with Crippen LogP contribution < -0.4 is 0 Å². The summed E-state index contributed by atoms with van der Waals surface area (Å²) in [5, 5.41) is 0.663. The first-order valence-electron chi connectivity index (χ1n) is 4.60. The van der Waals surface area contributed by atoms with Crippen molar-refractivity contribution in [3.05, 3.63) is 41.2 Å². The molecule has 0 radical (unpaired) electrons. The van der Waals surface area contributed by atoms with Gasteiger partial charge >= 0.3 is 0 Å². The Morgan fingerprint density at radius 3 is 2.29 bits per heavy atom. The highest BCUT2D eigenvalue weighted by molar-refractivity contribution is 6.31. The standard InChI is InChI=1S/C10H10ClN.C2H6/c1-4-8-7(3)9(11)6-12-10(8)5-2;1-2/h4-6H,1-2H2,3H3;1-2H3. The summed E-state index contributed by atoms with van der Waals surface area (Å²) in [7, 11) is 0. The third-order valence-electron chi connectivity index (χ3n) is 1.75. The molecule has 0 saturated carbocycles. The summed E-state index contributed by atoms with van der Waals surface area (Å²) in [5.74, 6) is 0. The molecule has 0 aliphatic heterocycles. The Hall–Kier alpha value is -1.08. The molecule has 0 amide bonds. The van der Waals surface area contributed by atoms with E-state index in [2.05, 4.69) is 18.1 Å². The molecule has 0 N–H and O–H groups in total. The molecule has 2 heteroatoms. The lowest BCUT2D eigenvalue weighted by Gasteiger charge is -2.05. The quantitative estimate of drug-likeness (QED) is 0.706. The van der Waals surface area contributed by atoms with E-state index < -0.39 is 0 Å². The van der Waals surface area contributed by atoms with Crippen LogP contribution in [0.25, 0.3) is 12.2 Å². The molecule has 0 unspecified atom stereocenters. The Balaban J connectivity index is 0.000000791. The summed E-state index contributed by atoms with van der Waals surface area (Å²) in [6, 6.07) is 0. The molecule has 1 aromatic heterocycles. The largest absolute Gasteiger partial charge is 0.255 e. The van der Waals surface area contributed by atoms with Gasteiger partial charge in [0.05, 0.1) is 10.7 Å². The molecule has 1 aromatic rings. The van der Waals surface area contributed by atoms with E-state index in [-0.39, 0.29) is 0 Å². The maximum absolute atomic E-state index is 5.88. The van der Waals surface area contributed by atoms with Gasteiger partial charge in [0.2, 0.25) is 0 Å². The molecule has 76 valence electrons. The molecule has 0 aliphatic rings. The van der Waals surface area contributed by atoms with Gasteiger partial charge < -0.3 is 0 Å². The smallest absolute Gasteiger partial charge is 0.0699 e. The third-order valence-corrected chi connectivity index (χ3v) is 2.13. The molecular weight excluding hydrogens is 194 g/mol. The summed E-state index contributed by atoms with van der Waals surface area (Å²) < 4.78 is 0. The average Bonchev–Trinajstić information content (AvgIpc) is 2.24. The Morgan fingerprint density at radius 1 is 1.29 bits per heavy atom. The second-order valence-corrected chi connectivity index (χ2v) is 2.85. The molecule has 0 spiro atoms. The average molecular weight is 210 g/mol. The maximum Gasteiger partial charge on any atom is 0.0699 e. The van der Waals surface area contributed by atoms with Gasteiger partial charge in [0.15, 0.2) is 0 Å². The van der Waals surface area contributed by atoms with Gasteiger partial charge in [-0.3, -0.25) is 4.98 Å². The summed E-state index contributed by atoms with van der Waals surface area (Å²) in [6.07, 6.45) is 5.06. The van der Waals surface area contributed by atoms with Gasteiger partial charge in [-0.05, 0) is 18.6 Å². The lowest BCUT2D eigenvalue weighted by molar-refractivity contribution is 1.24. The fraction of sp³-hybridized carbons (Fsp3) is 0.250. The topological polar surface area (TPSA) is 12.9 Å². The van der Waals surface area contributed by atoms with Crippen molar-refractivity contribution in [3.63, 3.8) is 0 Å². The van der Waals surface area contributed by atoms with Crippen LogP contribution in [0.4, 0.5) is 0 Å². The monoisotopic (exact) mass is 209 g/mol. The predicted octanol–water partition coefficient (Wildman–Crippen LogP) is 4.36. The third kappa shape index (κ3) is 2.71. The first kappa shape index (κ1) is 12.9. The number of rotatable bonds is 2. The molecule has 0 saturated heterocycles. The normalized spacial score (nSPS) is 8.57. The molecule has 0 fully saturated rings. The van der Waals surface area contributed by atoms with E-state index in [1.54, 1.807) is 18.3 Å². The number of nitrogens with zero attached hydrogens (tertiary/aromatic N) is 1. The van der Waals surface area contributed by atoms with Crippen molar-refractivity contribution in [3.8, 4) is 0 Å².